The SMILES string of the molecule is CC(=O)c1ccc(CC(NS(=O)(=O)c2ccccn2)c2cccc(N(CC(=O)O)C(=O)OC(C)(C)C)n2)cc1. The van der Waals surface area contributed by atoms with Gasteiger partial charge in [-0.2, -0.15) is 0 Å². The van der Waals surface area contributed by atoms with Crippen LogP contribution in [0.4, 0.5) is 10.6 Å². The molecular formula is C27H30N4O7S. The van der Waals surface area contributed by atoms with Crippen LogP contribution < -0.4 is 9.62 Å². The molecule has 1 atom stereocenters. The van der Waals surface area contributed by atoms with E-state index in [-0.39, 0.29) is 28.7 Å². The van der Waals surface area contributed by atoms with Crippen molar-refractivity contribution in [1.29, 1.82) is 0 Å². The van der Waals surface area contributed by atoms with Crippen LogP contribution in [-0.2, 0) is 26.0 Å². The van der Waals surface area contributed by atoms with E-state index < -0.39 is 40.3 Å². The fourth-order valence-corrected chi connectivity index (χ4v) is 4.70. The number of carboxylic acid groups (broad SMARTS) is 1. The van der Waals surface area contributed by atoms with Gasteiger partial charge in [-0.1, -0.05) is 36.4 Å². The number of carbonyl (C=O) groups is 3. The van der Waals surface area contributed by atoms with Gasteiger partial charge in [0.2, 0.25) is 0 Å². The van der Waals surface area contributed by atoms with Crippen LogP contribution in [0.15, 0.2) is 71.9 Å². The number of aromatic nitrogens is 2. The monoisotopic (exact) mass is 554 g/mol. The quantitative estimate of drug-likeness (QED) is 0.356. The van der Waals surface area contributed by atoms with Crippen molar-refractivity contribution in [2.24, 2.45) is 0 Å². The third-order valence-electron chi connectivity index (χ3n) is 5.31. The zero-order valence-electron chi connectivity index (χ0n) is 22.0. The smallest absolute Gasteiger partial charge is 0.416 e. The van der Waals surface area contributed by atoms with E-state index in [0.717, 1.165) is 4.90 Å². The minimum Gasteiger partial charge on any atom is -0.480 e. The van der Waals surface area contributed by atoms with Crippen LogP contribution in [0.3, 0.4) is 0 Å². The molecule has 1 aromatic carbocycles. The minimum absolute atomic E-state index is 0.0295. The number of rotatable bonds is 10. The lowest BCUT2D eigenvalue weighted by Crippen LogP contribution is -2.40. The lowest BCUT2D eigenvalue weighted by molar-refractivity contribution is -0.135. The summed E-state index contributed by atoms with van der Waals surface area (Å²) in [7, 11) is -4.10. The number of carboxylic acids is 1. The van der Waals surface area contributed by atoms with Gasteiger partial charge in [-0.25, -0.2) is 27.9 Å². The van der Waals surface area contributed by atoms with Gasteiger partial charge >= 0.3 is 12.1 Å². The number of carbonyl (C=O) groups excluding carboxylic acids is 2. The maximum atomic E-state index is 13.2. The minimum atomic E-state index is -4.10. The Morgan fingerprint density at radius 2 is 1.72 bits per heavy atom. The topological polar surface area (TPSA) is 156 Å². The molecule has 2 aromatic heterocycles. The van der Waals surface area contributed by atoms with Gasteiger partial charge in [0, 0.05) is 11.8 Å². The summed E-state index contributed by atoms with van der Waals surface area (Å²) in [4.78, 5) is 45.3. The van der Waals surface area contributed by atoms with Crippen LogP contribution in [-0.4, -0.2) is 53.5 Å². The van der Waals surface area contributed by atoms with E-state index in [0.29, 0.717) is 11.1 Å². The van der Waals surface area contributed by atoms with Crippen molar-refractivity contribution >= 4 is 33.7 Å². The number of Topliss-reactive ketones (excluding diaryl/α,β-unsaturated/α-hetero) is 1. The summed E-state index contributed by atoms with van der Waals surface area (Å²) in [6.45, 7) is 5.67. The summed E-state index contributed by atoms with van der Waals surface area (Å²) < 4.78 is 34.3. The third kappa shape index (κ3) is 8.42. The standard InChI is InChI=1S/C27H30N4O7S/c1-18(32)20-13-11-19(12-14-20)16-22(30-39(36,37)24-10-5-6-15-28-24)21-8-7-9-23(29-21)31(17-25(33)34)26(35)38-27(2,3)4/h5-15,22,30H,16-17H2,1-4H3,(H,33,34). The number of benzene rings is 1. The molecule has 0 aliphatic carbocycles. The second-order valence-corrected chi connectivity index (χ2v) is 11.3. The number of nitrogens with one attached hydrogen (secondary N) is 1. The Hall–Kier alpha value is -4.16. The Bertz CT molecular complexity index is 1440. The van der Waals surface area contributed by atoms with E-state index in [9.17, 15) is 27.9 Å². The van der Waals surface area contributed by atoms with E-state index in [1.54, 1.807) is 63.2 Å². The Morgan fingerprint density at radius 1 is 1.03 bits per heavy atom. The van der Waals surface area contributed by atoms with Gasteiger partial charge < -0.3 is 9.84 Å². The summed E-state index contributed by atoms with van der Waals surface area (Å²) in [5, 5.41) is 9.21. The summed E-state index contributed by atoms with van der Waals surface area (Å²) in [5.41, 5.74) is 0.543. The third-order valence-corrected chi connectivity index (χ3v) is 6.69. The van der Waals surface area contributed by atoms with Crippen LogP contribution in [0.2, 0.25) is 0 Å². The number of ketones is 1. The van der Waals surface area contributed by atoms with Crippen LogP contribution in [0, 0.1) is 0 Å². The lowest BCUT2D eigenvalue weighted by Gasteiger charge is -2.26. The Labute approximate surface area is 226 Å². The first-order chi connectivity index (χ1) is 18.2. The average Bonchev–Trinajstić information content (AvgIpc) is 2.86. The highest BCUT2D eigenvalue weighted by molar-refractivity contribution is 7.89. The van der Waals surface area contributed by atoms with E-state index in [1.165, 1.54) is 31.3 Å². The highest BCUT2D eigenvalue weighted by Crippen LogP contribution is 2.24. The predicted molar refractivity (Wildman–Crippen MR) is 143 cm³/mol. The Balaban J connectivity index is 2.03. The number of hydrogen-bond donors (Lipinski definition) is 2. The molecule has 2 heterocycles. The Kier molecular flexibility index (Phi) is 9.15. The first-order valence-corrected chi connectivity index (χ1v) is 13.5. The molecule has 0 spiro atoms. The molecule has 11 nitrogen and oxygen atoms in total. The fourth-order valence-electron chi connectivity index (χ4n) is 3.55. The van der Waals surface area contributed by atoms with Gasteiger partial charge in [0.1, 0.15) is 18.0 Å². The highest BCUT2D eigenvalue weighted by Gasteiger charge is 2.28. The number of nitrogens with zero attached hydrogens (tertiary/aromatic N) is 3. The van der Waals surface area contributed by atoms with Crippen LogP contribution in [0.1, 0.15) is 55.4 Å². The van der Waals surface area contributed by atoms with Gasteiger partial charge in [0.05, 0.1) is 11.7 Å². The van der Waals surface area contributed by atoms with Crippen LogP contribution in [0.5, 0.6) is 0 Å². The van der Waals surface area contributed by atoms with E-state index >= 15 is 0 Å². The van der Waals surface area contributed by atoms with E-state index in [4.69, 9.17) is 4.74 Å². The number of aliphatic carboxylic acids is 1. The number of sulfonamides is 1. The van der Waals surface area contributed by atoms with Crippen molar-refractivity contribution in [1.82, 2.24) is 14.7 Å². The number of ether oxygens (including phenoxy) is 1. The maximum Gasteiger partial charge on any atom is 0.416 e. The summed E-state index contributed by atoms with van der Waals surface area (Å²) >= 11 is 0. The molecule has 0 saturated carbocycles. The summed E-state index contributed by atoms with van der Waals surface area (Å²) in [6, 6.07) is 14.8. The van der Waals surface area contributed by atoms with Gasteiger partial charge in [0.15, 0.2) is 10.8 Å². The molecule has 0 aliphatic rings. The number of hydrogen-bond acceptors (Lipinski definition) is 8. The molecule has 39 heavy (non-hydrogen) atoms. The van der Waals surface area contributed by atoms with E-state index in [2.05, 4.69) is 14.7 Å². The molecule has 0 bridgehead atoms. The molecule has 1 amide bonds. The van der Waals surface area contributed by atoms with Gasteiger partial charge in [-0.15, -0.1) is 0 Å². The van der Waals surface area contributed by atoms with Crippen LogP contribution >= 0.6 is 0 Å². The maximum absolute atomic E-state index is 13.2. The Morgan fingerprint density at radius 3 is 2.28 bits per heavy atom. The molecule has 1 unspecified atom stereocenters. The largest absolute Gasteiger partial charge is 0.480 e. The fraction of sp³-hybridized carbons (Fsp3) is 0.296. The van der Waals surface area contributed by atoms with Gasteiger partial charge in [-0.3, -0.25) is 14.5 Å². The van der Waals surface area contributed by atoms with Crippen molar-refractivity contribution < 1.29 is 32.6 Å². The molecule has 0 saturated heterocycles. The van der Waals surface area contributed by atoms with Crippen molar-refractivity contribution in [3.63, 3.8) is 0 Å². The molecule has 0 aliphatic heterocycles. The van der Waals surface area contributed by atoms with Crippen molar-refractivity contribution in [3.8, 4) is 0 Å². The summed E-state index contributed by atoms with van der Waals surface area (Å²) in [5.74, 6) is -1.42. The van der Waals surface area contributed by atoms with Gasteiger partial charge in [0.25, 0.3) is 10.0 Å². The van der Waals surface area contributed by atoms with Crippen molar-refractivity contribution in [3.05, 3.63) is 83.7 Å². The molecule has 3 aromatic rings. The molecular weight excluding hydrogens is 524 g/mol. The molecule has 0 fully saturated rings. The van der Waals surface area contributed by atoms with Crippen molar-refractivity contribution in [2.45, 2.75) is 50.8 Å². The normalized spacial score (nSPS) is 12.4. The second kappa shape index (κ2) is 12.1. The first kappa shape index (κ1) is 29.4. The molecule has 0 radical (unpaired) electrons. The van der Waals surface area contributed by atoms with Crippen molar-refractivity contribution in [2.75, 3.05) is 11.4 Å². The lowest BCUT2D eigenvalue weighted by atomic mass is 10.0. The number of amides is 1. The van der Waals surface area contributed by atoms with Gasteiger partial charge in [-0.05, 0) is 63.9 Å². The molecule has 3 rings (SSSR count). The average molecular weight is 555 g/mol. The highest BCUT2D eigenvalue weighted by atomic mass is 32.2. The molecule has 206 valence electrons. The summed E-state index contributed by atoms with van der Waals surface area (Å²) in [6.07, 6.45) is 0.569. The predicted octanol–water partition coefficient (Wildman–Crippen LogP) is 3.77. The zero-order valence-corrected chi connectivity index (χ0v) is 22.8. The second-order valence-electron chi connectivity index (χ2n) is 9.68. The molecule has 2 N–H and O–H groups in total. The molecule has 12 heteroatoms. The first-order valence-electron chi connectivity index (χ1n) is 12.0. The number of anilines is 1. The zero-order chi connectivity index (χ0) is 28.8. The van der Waals surface area contributed by atoms with E-state index in [1.807, 2.05) is 0 Å². The van der Waals surface area contributed by atoms with Crippen LogP contribution in [0.25, 0.3) is 0 Å². The number of pyridine rings is 2.